The minimum Gasteiger partial charge on any atom is -0.362 e. The molecule has 1 aliphatic rings. The maximum atomic E-state index is 12.4. The zero-order valence-electron chi connectivity index (χ0n) is 13.7. The molecule has 6 heteroatoms. The summed E-state index contributed by atoms with van der Waals surface area (Å²) in [6.45, 7) is 0.369. The molecule has 0 radical (unpaired) electrons. The van der Waals surface area contributed by atoms with E-state index in [4.69, 9.17) is 0 Å². The Morgan fingerprint density at radius 3 is 2.88 bits per heavy atom. The van der Waals surface area contributed by atoms with E-state index in [0.29, 0.717) is 18.5 Å². The number of aromatic nitrogens is 1. The van der Waals surface area contributed by atoms with Crippen molar-refractivity contribution < 1.29 is 9.59 Å². The van der Waals surface area contributed by atoms with Crippen LogP contribution in [0.1, 0.15) is 21.5 Å². The fraction of sp³-hybridized carbons (Fsp3) is 0.278. The first-order chi connectivity index (χ1) is 11.6. The number of carbonyl (C=O) groups is 2. The Bertz CT molecular complexity index is 773. The Labute approximate surface area is 140 Å². The number of anilines is 1. The number of benzene rings is 1. The SMILES string of the molecule is CN(C)c1ncccc1CNC(=O)[C@H]1Cc2ccccc2C(=O)N1. The summed E-state index contributed by atoms with van der Waals surface area (Å²) in [4.78, 5) is 30.8. The molecule has 2 amide bonds. The summed E-state index contributed by atoms with van der Waals surface area (Å²) in [5.41, 5.74) is 2.47. The van der Waals surface area contributed by atoms with Crippen LogP contribution in [0.5, 0.6) is 0 Å². The first kappa shape index (κ1) is 16.0. The standard InChI is InChI=1S/C18H20N4O2/c1-22(2)16-13(7-5-9-19-16)11-20-18(24)15-10-12-6-3-4-8-14(12)17(23)21-15/h3-9,15H,10-11H2,1-2H3,(H,20,24)(H,21,23)/t15-/m1/s1. The second kappa shape index (κ2) is 6.70. The molecule has 0 bridgehead atoms. The Hall–Kier alpha value is -2.89. The lowest BCUT2D eigenvalue weighted by atomic mass is 9.95. The summed E-state index contributed by atoms with van der Waals surface area (Å²) in [6, 6.07) is 10.6. The summed E-state index contributed by atoms with van der Waals surface area (Å²) in [5.74, 6) is 0.426. The van der Waals surface area contributed by atoms with Crippen LogP contribution in [0.25, 0.3) is 0 Å². The van der Waals surface area contributed by atoms with E-state index in [2.05, 4.69) is 15.6 Å². The Morgan fingerprint density at radius 2 is 2.08 bits per heavy atom. The first-order valence-corrected chi connectivity index (χ1v) is 7.84. The quantitative estimate of drug-likeness (QED) is 0.884. The molecule has 24 heavy (non-hydrogen) atoms. The highest BCUT2D eigenvalue weighted by atomic mass is 16.2. The van der Waals surface area contributed by atoms with E-state index in [1.165, 1.54) is 0 Å². The lowest BCUT2D eigenvalue weighted by Gasteiger charge is -2.25. The minimum absolute atomic E-state index is 0.189. The summed E-state index contributed by atoms with van der Waals surface area (Å²) in [6.07, 6.45) is 2.22. The van der Waals surface area contributed by atoms with Gasteiger partial charge in [0.05, 0.1) is 0 Å². The molecule has 0 fully saturated rings. The minimum atomic E-state index is -0.549. The Kier molecular flexibility index (Phi) is 4.46. The van der Waals surface area contributed by atoms with Gasteiger partial charge in [0.2, 0.25) is 5.91 Å². The van der Waals surface area contributed by atoms with Crippen LogP contribution in [0.15, 0.2) is 42.6 Å². The van der Waals surface area contributed by atoms with Crippen molar-refractivity contribution in [2.75, 3.05) is 19.0 Å². The van der Waals surface area contributed by atoms with Gasteiger partial charge in [-0.3, -0.25) is 9.59 Å². The number of rotatable bonds is 4. The zero-order valence-corrected chi connectivity index (χ0v) is 13.7. The fourth-order valence-electron chi connectivity index (χ4n) is 2.86. The molecule has 1 aromatic carbocycles. The van der Waals surface area contributed by atoms with Crippen molar-refractivity contribution in [2.45, 2.75) is 19.0 Å². The average molecular weight is 324 g/mol. The van der Waals surface area contributed by atoms with Gasteiger partial charge in [-0.2, -0.15) is 0 Å². The first-order valence-electron chi connectivity index (χ1n) is 7.84. The van der Waals surface area contributed by atoms with Crippen LogP contribution in [0.2, 0.25) is 0 Å². The smallest absolute Gasteiger partial charge is 0.252 e. The van der Waals surface area contributed by atoms with Crippen molar-refractivity contribution in [3.05, 3.63) is 59.3 Å². The molecule has 1 aromatic heterocycles. The highest BCUT2D eigenvalue weighted by Gasteiger charge is 2.28. The molecule has 0 spiro atoms. The number of hydrogen-bond donors (Lipinski definition) is 2. The monoisotopic (exact) mass is 324 g/mol. The van der Waals surface area contributed by atoms with Crippen molar-refractivity contribution in [1.82, 2.24) is 15.6 Å². The molecule has 2 heterocycles. The van der Waals surface area contributed by atoms with Crippen LogP contribution in [0, 0.1) is 0 Å². The summed E-state index contributed by atoms with van der Waals surface area (Å²) < 4.78 is 0. The number of amides is 2. The Morgan fingerprint density at radius 1 is 1.29 bits per heavy atom. The molecule has 1 aliphatic heterocycles. The molecule has 0 saturated heterocycles. The molecule has 124 valence electrons. The van der Waals surface area contributed by atoms with Gasteiger partial charge < -0.3 is 15.5 Å². The van der Waals surface area contributed by atoms with Crippen LogP contribution >= 0.6 is 0 Å². The largest absolute Gasteiger partial charge is 0.362 e. The molecule has 3 rings (SSSR count). The van der Waals surface area contributed by atoms with E-state index in [-0.39, 0.29) is 11.8 Å². The van der Waals surface area contributed by atoms with Gasteiger partial charge in [-0.25, -0.2) is 4.98 Å². The number of nitrogens with one attached hydrogen (secondary N) is 2. The van der Waals surface area contributed by atoms with Crippen molar-refractivity contribution >= 4 is 17.6 Å². The zero-order chi connectivity index (χ0) is 17.1. The average Bonchev–Trinajstić information content (AvgIpc) is 2.59. The molecular formula is C18H20N4O2. The van der Waals surface area contributed by atoms with Gasteiger partial charge in [0.25, 0.3) is 5.91 Å². The maximum absolute atomic E-state index is 12.4. The van der Waals surface area contributed by atoms with Crippen LogP contribution in [-0.2, 0) is 17.8 Å². The van der Waals surface area contributed by atoms with Gasteiger partial charge in [-0.1, -0.05) is 24.3 Å². The predicted octanol–water partition coefficient (Wildman–Crippen LogP) is 1.12. The van der Waals surface area contributed by atoms with Gasteiger partial charge in [0.15, 0.2) is 0 Å². The normalized spacial score (nSPS) is 16.1. The van der Waals surface area contributed by atoms with Crippen molar-refractivity contribution in [2.24, 2.45) is 0 Å². The molecule has 0 unspecified atom stereocenters. The summed E-state index contributed by atoms with van der Waals surface area (Å²) in [5, 5.41) is 5.66. The van der Waals surface area contributed by atoms with E-state index in [1.807, 2.05) is 49.3 Å². The number of carbonyl (C=O) groups excluding carboxylic acids is 2. The van der Waals surface area contributed by atoms with E-state index in [0.717, 1.165) is 16.9 Å². The van der Waals surface area contributed by atoms with E-state index >= 15 is 0 Å². The van der Waals surface area contributed by atoms with E-state index in [9.17, 15) is 9.59 Å². The lowest BCUT2D eigenvalue weighted by molar-refractivity contribution is -0.123. The Balaban J connectivity index is 1.68. The second-order valence-corrected chi connectivity index (χ2v) is 5.99. The second-order valence-electron chi connectivity index (χ2n) is 5.99. The molecule has 2 N–H and O–H groups in total. The van der Waals surface area contributed by atoms with Gasteiger partial charge in [-0.05, 0) is 17.7 Å². The van der Waals surface area contributed by atoms with Crippen LogP contribution in [0.4, 0.5) is 5.82 Å². The fourth-order valence-corrected chi connectivity index (χ4v) is 2.86. The summed E-state index contributed by atoms with van der Waals surface area (Å²) >= 11 is 0. The predicted molar refractivity (Wildman–Crippen MR) is 91.8 cm³/mol. The maximum Gasteiger partial charge on any atom is 0.252 e. The third-order valence-corrected chi connectivity index (χ3v) is 4.05. The third-order valence-electron chi connectivity index (χ3n) is 4.05. The number of nitrogens with zero attached hydrogens (tertiary/aromatic N) is 2. The van der Waals surface area contributed by atoms with Gasteiger partial charge in [0.1, 0.15) is 11.9 Å². The van der Waals surface area contributed by atoms with Crippen LogP contribution < -0.4 is 15.5 Å². The van der Waals surface area contributed by atoms with Crippen molar-refractivity contribution in [1.29, 1.82) is 0 Å². The van der Waals surface area contributed by atoms with Gasteiger partial charge in [0, 0.05) is 44.4 Å². The lowest BCUT2D eigenvalue weighted by Crippen LogP contribution is -2.50. The molecule has 0 aliphatic carbocycles. The number of hydrogen-bond acceptors (Lipinski definition) is 4. The van der Waals surface area contributed by atoms with Gasteiger partial charge >= 0.3 is 0 Å². The molecule has 0 saturated carbocycles. The van der Waals surface area contributed by atoms with Gasteiger partial charge in [-0.15, -0.1) is 0 Å². The number of pyridine rings is 1. The van der Waals surface area contributed by atoms with E-state index < -0.39 is 6.04 Å². The van der Waals surface area contributed by atoms with E-state index in [1.54, 1.807) is 12.3 Å². The topological polar surface area (TPSA) is 74.3 Å². The molecule has 2 aromatic rings. The molecular weight excluding hydrogens is 304 g/mol. The van der Waals surface area contributed by atoms with Crippen LogP contribution in [-0.4, -0.2) is 36.9 Å². The van der Waals surface area contributed by atoms with Crippen LogP contribution in [0.3, 0.4) is 0 Å². The molecule has 6 nitrogen and oxygen atoms in total. The molecule has 1 atom stereocenters. The highest BCUT2D eigenvalue weighted by molar-refractivity contribution is 6.00. The number of fused-ring (bicyclic) bond motifs is 1. The third kappa shape index (κ3) is 3.22. The van der Waals surface area contributed by atoms with Crippen molar-refractivity contribution in [3.8, 4) is 0 Å². The summed E-state index contributed by atoms with van der Waals surface area (Å²) in [7, 11) is 3.82. The van der Waals surface area contributed by atoms with Crippen molar-refractivity contribution in [3.63, 3.8) is 0 Å². The highest BCUT2D eigenvalue weighted by Crippen LogP contribution is 2.17.